The van der Waals surface area contributed by atoms with Crippen molar-refractivity contribution in [1.29, 1.82) is 0 Å². The molecule has 244 valence electrons. The predicted octanol–water partition coefficient (Wildman–Crippen LogP) is 11.0. The molecule has 2 aliphatic rings. The van der Waals surface area contributed by atoms with Crippen LogP contribution in [-0.2, 0) is 11.1 Å². The molecule has 8 aromatic rings. The minimum Gasteiger partial charge on any atom is -0.342 e. The number of hydrogen-bond acceptors (Lipinski definition) is 3. The highest BCUT2D eigenvalue weighted by Crippen LogP contribution is 2.52. The summed E-state index contributed by atoms with van der Waals surface area (Å²) in [6.07, 6.45) is 0. The fourth-order valence-corrected chi connectivity index (χ4v) is 8.50. The van der Waals surface area contributed by atoms with Crippen LogP contribution >= 0.6 is 0 Å². The standard InChI is InChI=1S/C47H36N4/c1-46(2)37-22-12-10-20-35(37)43-41-33(17-14-23-38(41)46)29-40-42(43)36-21-11-13-24-39(36)51(40)45-48-44(49-47(3,50-45)34-18-8-5-9-19-34)32-27-25-31(26-28-32)30-15-6-4-7-16-30/h4-29H,1-3H3,(H,48,49,50). The van der Waals surface area contributed by atoms with E-state index in [1.165, 1.54) is 54.9 Å². The third-order valence-corrected chi connectivity index (χ3v) is 11.0. The summed E-state index contributed by atoms with van der Waals surface area (Å²) in [5, 5.41) is 8.74. The number of amidine groups is 1. The summed E-state index contributed by atoms with van der Waals surface area (Å²) >= 11 is 0. The highest BCUT2D eigenvalue weighted by molar-refractivity contribution is 6.27. The van der Waals surface area contributed by atoms with E-state index in [0.717, 1.165) is 28.0 Å². The number of hydrogen-bond donors (Lipinski definition) is 1. The Hall–Kier alpha value is -6.26. The van der Waals surface area contributed by atoms with Gasteiger partial charge in [-0.25, -0.2) is 4.99 Å². The molecule has 51 heavy (non-hydrogen) atoms. The van der Waals surface area contributed by atoms with Crippen molar-refractivity contribution in [3.05, 3.63) is 180 Å². The molecule has 4 nitrogen and oxygen atoms in total. The minimum absolute atomic E-state index is 0.124. The van der Waals surface area contributed by atoms with Crippen molar-refractivity contribution in [3.63, 3.8) is 0 Å². The lowest BCUT2D eigenvalue weighted by molar-refractivity contribution is 0.452. The number of nitrogens with zero attached hydrogens (tertiary/aromatic N) is 3. The zero-order chi connectivity index (χ0) is 34.3. The maximum atomic E-state index is 5.48. The van der Waals surface area contributed by atoms with Crippen LogP contribution in [0, 0.1) is 0 Å². The Labute approximate surface area is 297 Å². The summed E-state index contributed by atoms with van der Waals surface area (Å²) in [4.78, 5) is 10.9. The second-order valence-corrected chi connectivity index (χ2v) is 14.5. The monoisotopic (exact) mass is 656 g/mol. The van der Waals surface area contributed by atoms with Crippen molar-refractivity contribution in [2.45, 2.75) is 31.8 Å². The van der Waals surface area contributed by atoms with Gasteiger partial charge in [0.25, 0.3) is 0 Å². The van der Waals surface area contributed by atoms with Gasteiger partial charge in [-0.05, 0) is 63.2 Å². The smallest absolute Gasteiger partial charge is 0.234 e. The molecule has 1 aliphatic heterocycles. The summed E-state index contributed by atoms with van der Waals surface area (Å²) in [6, 6.07) is 56.5. The second-order valence-electron chi connectivity index (χ2n) is 14.5. The number of rotatable bonds is 3. The molecule has 1 unspecified atom stereocenters. The quantitative estimate of drug-likeness (QED) is 0.202. The van der Waals surface area contributed by atoms with E-state index in [4.69, 9.17) is 9.98 Å². The molecule has 0 amide bonds. The Balaban J connectivity index is 1.27. The Morgan fingerprint density at radius 3 is 2.00 bits per heavy atom. The normalized spacial score (nSPS) is 17.5. The predicted molar refractivity (Wildman–Crippen MR) is 213 cm³/mol. The van der Waals surface area contributed by atoms with Crippen molar-refractivity contribution in [3.8, 4) is 22.3 Å². The summed E-state index contributed by atoms with van der Waals surface area (Å²) in [5.41, 5.74) is 11.0. The van der Waals surface area contributed by atoms with Gasteiger partial charge in [0.15, 0.2) is 5.66 Å². The molecule has 0 spiro atoms. The molecule has 1 aliphatic carbocycles. The number of nitrogens with one attached hydrogen (secondary N) is 1. The van der Waals surface area contributed by atoms with E-state index in [1.54, 1.807) is 0 Å². The molecule has 1 N–H and O–H groups in total. The summed E-state index contributed by atoms with van der Waals surface area (Å²) in [5.74, 6) is 1.44. The van der Waals surface area contributed by atoms with Gasteiger partial charge in [0.1, 0.15) is 5.84 Å². The number of para-hydroxylation sites is 1. The van der Waals surface area contributed by atoms with Crippen LogP contribution in [0.4, 0.5) is 0 Å². The van der Waals surface area contributed by atoms with Crippen LogP contribution in [0.3, 0.4) is 0 Å². The lowest BCUT2D eigenvalue weighted by Crippen LogP contribution is -2.47. The van der Waals surface area contributed by atoms with Gasteiger partial charge in [0, 0.05) is 27.3 Å². The van der Waals surface area contributed by atoms with E-state index in [1.807, 2.05) is 0 Å². The number of aliphatic imine (C=N–C) groups is 2. The zero-order valence-electron chi connectivity index (χ0n) is 28.9. The Kier molecular flexibility index (Phi) is 6.32. The first-order valence-electron chi connectivity index (χ1n) is 17.7. The molecule has 1 atom stereocenters. The molecule has 0 bridgehead atoms. The lowest BCUT2D eigenvalue weighted by Gasteiger charge is -2.35. The molecule has 0 radical (unpaired) electrons. The number of aromatic nitrogens is 1. The summed E-state index contributed by atoms with van der Waals surface area (Å²) in [7, 11) is 0. The average Bonchev–Trinajstić information content (AvgIpc) is 3.51. The van der Waals surface area contributed by atoms with Gasteiger partial charge in [-0.3, -0.25) is 4.57 Å². The van der Waals surface area contributed by atoms with Crippen molar-refractivity contribution >= 4 is 44.4 Å². The Morgan fingerprint density at radius 2 is 1.20 bits per heavy atom. The van der Waals surface area contributed by atoms with E-state index in [0.29, 0.717) is 5.96 Å². The summed E-state index contributed by atoms with van der Waals surface area (Å²) in [6.45, 7) is 6.86. The molecule has 0 saturated heterocycles. The third-order valence-electron chi connectivity index (χ3n) is 11.0. The molecule has 2 heterocycles. The van der Waals surface area contributed by atoms with Crippen LogP contribution in [0.15, 0.2) is 168 Å². The largest absolute Gasteiger partial charge is 0.342 e. The van der Waals surface area contributed by atoms with Gasteiger partial charge in [0.2, 0.25) is 5.96 Å². The fraction of sp³-hybridized carbons (Fsp3) is 0.106. The number of benzene rings is 7. The van der Waals surface area contributed by atoms with Crippen LogP contribution in [0.5, 0.6) is 0 Å². The van der Waals surface area contributed by atoms with Crippen molar-refractivity contribution < 1.29 is 0 Å². The van der Waals surface area contributed by atoms with Crippen molar-refractivity contribution in [2.24, 2.45) is 9.98 Å². The summed E-state index contributed by atoms with van der Waals surface area (Å²) < 4.78 is 2.29. The van der Waals surface area contributed by atoms with Gasteiger partial charge < -0.3 is 5.32 Å². The first kappa shape index (κ1) is 29.6. The lowest BCUT2D eigenvalue weighted by atomic mass is 9.68. The minimum atomic E-state index is -0.765. The van der Waals surface area contributed by atoms with Gasteiger partial charge in [-0.2, -0.15) is 4.99 Å². The highest BCUT2D eigenvalue weighted by Gasteiger charge is 2.37. The Morgan fingerprint density at radius 1 is 0.549 bits per heavy atom. The second kappa shape index (κ2) is 10.9. The van der Waals surface area contributed by atoms with Crippen molar-refractivity contribution in [1.82, 2.24) is 9.88 Å². The van der Waals surface area contributed by atoms with Crippen LogP contribution in [0.1, 0.15) is 43.0 Å². The van der Waals surface area contributed by atoms with Crippen LogP contribution in [-0.4, -0.2) is 16.4 Å². The third kappa shape index (κ3) is 4.39. The molecule has 7 aromatic carbocycles. The van der Waals surface area contributed by atoms with Gasteiger partial charge in [-0.15, -0.1) is 0 Å². The zero-order valence-corrected chi connectivity index (χ0v) is 28.9. The van der Waals surface area contributed by atoms with Gasteiger partial charge in [-0.1, -0.05) is 159 Å². The first-order chi connectivity index (χ1) is 24.9. The molecular weight excluding hydrogens is 621 g/mol. The van der Waals surface area contributed by atoms with Crippen LogP contribution < -0.4 is 5.32 Å². The molecule has 1 aromatic heterocycles. The first-order valence-corrected chi connectivity index (χ1v) is 17.7. The highest BCUT2D eigenvalue weighted by atomic mass is 15.3. The maximum absolute atomic E-state index is 5.48. The topological polar surface area (TPSA) is 41.7 Å². The van der Waals surface area contributed by atoms with E-state index in [-0.39, 0.29) is 5.41 Å². The van der Waals surface area contributed by atoms with E-state index >= 15 is 0 Å². The van der Waals surface area contributed by atoms with E-state index in [9.17, 15) is 0 Å². The molecular formula is C47H36N4. The van der Waals surface area contributed by atoms with E-state index in [2.05, 4.69) is 188 Å². The molecule has 0 saturated carbocycles. The SMILES string of the molecule is CC1(c2ccccc2)N=C(n2c3ccccc3c3c4c5c(cccc5cc32)C(C)(C)c2ccccc2-4)N=C(c2ccc(-c3ccccc3)cc2)N1. The average molecular weight is 657 g/mol. The van der Waals surface area contributed by atoms with E-state index < -0.39 is 5.66 Å². The Bertz CT molecular complexity index is 2730. The fourth-order valence-electron chi connectivity index (χ4n) is 8.50. The van der Waals surface area contributed by atoms with Gasteiger partial charge >= 0.3 is 0 Å². The maximum Gasteiger partial charge on any atom is 0.234 e. The number of fused-ring (bicyclic) bond motifs is 6. The van der Waals surface area contributed by atoms with Crippen LogP contribution in [0.2, 0.25) is 0 Å². The van der Waals surface area contributed by atoms with Gasteiger partial charge in [0.05, 0.1) is 11.0 Å². The molecule has 0 fully saturated rings. The molecule has 4 heteroatoms. The van der Waals surface area contributed by atoms with Crippen LogP contribution in [0.25, 0.3) is 54.8 Å². The van der Waals surface area contributed by atoms with Crippen molar-refractivity contribution in [2.75, 3.05) is 0 Å². The molecule has 10 rings (SSSR count).